The summed E-state index contributed by atoms with van der Waals surface area (Å²) in [6.07, 6.45) is 2.85. The summed E-state index contributed by atoms with van der Waals surface area (Å²) in [5.41, 5.74) is 6.53. The van der Waals surface area contributed by atoms with Crippen LogP contribution in [0.25, 0.3) is 0 Å². The Morgan fingerprint density at radius 1 is 1.19 bits per heavy atom. The molecule has 0 bridgehead atoms. The van der Waals surface area contributed by atoms with E-state index >= 15 is 0 Å². The lowest BCUT2D eigenvalue weighted by atomic mass is 9.86. The van der Waals surface area contributed by atoms with E-state index in [1.807, 2.05) is 18.2 Å². The van der Waals surface area contributed by atoms with E-state index < -0.39 is 0 Å². The molecule has 4 heteroatoms. The summed E-state index contributed by atoms with van der Waals surface area (Å²) < 4.78 is 5.19. The number of benzene rings is 2. The summed E-state index contributed by atoms with van der Waals surface area (Å²) >= 11 is 0. The largest absolute Gasteiger partial charge is 0.388 e. The molecule has 0 saturated heterocycles. The van der Waals surface area contributed by atoms with E-state index in [4.69, 9.17) is 4.52 Å². The lowest BCUT2D eigenvalue weighted by Gasteiger charge is -2.18. The summed E-state index contributed by atoms with van der Waals surface area (Å²) in [5, 5.41) is 17.9. The standard InChI is InChI=1S/C22H24N2O2/c1-22(2)12-21(25)18-11-17(8-9-19(18)22)23-13-16-14-26-24-20(16)10-15-6-4-3-5-7-15/h3-9,11,14,21,23,25H,10,12-13H2,1-2H3. The maximum atomic E-state index is 10.3. The number of hydrogen-bond donors (Lipinski definition) is 2. The van der Waals surface area contributed by atoms with E-state index in [2.05, 4.69) is 54.7 Å². The Morgan fingerprint density at radius 3 is 2.81 bits per heavy atom. The first-order valence-electron chi connectivity index (χ1n) is 9.05. The molecule has 1 unspecified atom stereocenters. The molecule has 4 rings (SSSR count). The molecule has 1 aliphatic rings. The third-order valence-electron chi connectivity index (χ3n) is 5.27. The number of aromatic nitrogens is 1. The molecule has 26 heavy (non-hydrogen) atoms. The van der Waals surface area contributed by atoms with Crippen molar-refractivity contribution in [2.75, 3.05) is 5.32 Å². The number of anilines is 1. The molecule has 0 radical (unpaired) electrons. The average molecular weight is 348 g/mol. The van der Waals surface area contributed by atoms with Gasteiger partial charge in [0.1, 0.15) is 6.26 Å². The summed E-state index contributed by atoms with van der Waals surface area (Å²) in [6, 6.07) is 16.5. The van der Waals surface area contributed by atoms with E-state index in [1.165, 1.54) is 11.1 Å². The first kappa shape index (κ1) is 16.9. The van der Waals surface area contributed by atoms with Crippen LogP contribution in [0.15, 0.2) is 59.3 Å². The zero-order chi connectivity index (χ0) is 18.1. The molecule has 1 atom stereocenters. The quantitative estimate of drug-likeness (QED) is 0.708. The normalized spacial score (nSPS) is 17.9. The van der Waals surface area contributed by atoms with Crippen LogP contribution in [0, 0.1) is 0 Å². The van der Waals surface area contributed by atoms with Crippen LogP contribution < -0.4 is 5.32 Å². The molecule has 1 aliphatic carbocycles. The predicted octanol–water partition coefficient (Wildman–Crippen LogP) is 4.59. The fourth-order valence-corrected chi connectivity index (χ4v) is 3.82. The molecule has 0 saturated carbocycles. The van der Waals surface area contributed by atoms with Gasteiger partial charge >= 0.3 is 0 Å². The molecule has 1 heterocycles. The molecule has 2 N–H and O–H groups in total. The second-order valence-electron chi connectivity index (χ2n) is 7.71. The number of nitrogens with one attached hydrogen (secondary N) is 1. The van der Waals surface area contributed by atoms with Gasteiger partial charge in [0.25, 0.3) is 0 Å². The van der Waals surface area contributed by atoms with Gasteiger partial charge in [0.05, 0.1) is 11.8 Å². The van der Waals surface area contributed by atoms with Crippen LogP contribution in [-0.2, 0) is 18.4 Å². The summed E-state index contributed by atoms with van der Waals surface area (Å²) in [5.74, 6) is 0. The Labute approximate surface area is 153 Å². The Hall–Kier alpha value is -2.59. The third kappa shape index (κ3) is 3.25. The van der Waals surface area contributed by atoms with Crippen LogP contribution in [0.5, 0.6) is 0 Å². The van der Waals surface area contributed by atoms with Gasteiger partial charge in [-0.15, -0.1) is 0 Å². The summed E-state index contributed by atoms with van der Waals surface area (Å²) in [6.45, 7) is 5.01. The highest BCUT2D eigenvalue weighted by molar-refractivity contribution is 5.53. The zero-order valence-corrected chi connectivity index (χ0v) is 15.2. The smallest absolute Gasteiger partial charge is 0.129 e. The Balaban J connectivity index is 1.48. The highest BCUT2D eigenvalue weighted by Crippen LogP contribution is 2.45. The van der Waals surface area contributed by atoms with Crippen LogP contribution in [-0.4, -0.2) is 10.3 Å². The molecule has 3 aromatic rings. The Kier molecular flexibility index (Phi) is 4.29. The van der Waals surface area contributed by atoms with Crippen molar-refractivity contribution in [1.82, 2.24) is 5.16 Å². The highest BCUT2D eigenvalue weighted by atomic mass is 16.5. The van der Waals surface area contributed by atoms with E-state index in [-0.39, 0.29) is 11.5 Å². The maximum absolute atomic E-state index is 10.3. The molecule has 4 nitrogen and oxygen atoms in total. The monoisotopic (exact) mass is 348 g/mol. The minimum absolute atomic E-state index is 0.0324. The Morgan fingerprint density at radius 2 is 2.00 bits per heavy atom. The lowest BCUT2D eigenvalue weighted by Crippen LogP contribution is -2.12. The topological polar surface area (TPSA) is 58.3 Å². The van der Waals surface area contributed by atoms with Gasteiger partial charge in [-0.05, 0) is 40.7 Å². The fraction of sp³-hybridized carbons (Fsp3) is 0.318. The minimum atomic E-state index is -0.383. The predicted molar refractivity (Wildman–Crippen MR) is 102 cm³/mol. The van der Waals surface area contributed by atoms with E-state index in [0.29, 0.717) is 6.54 Å². The van der Waals surface area contributed by atoms with Crippen molar-refractivity contribution in [3.05, 3.63) is 82.7 Å². The zero-order valence-electron chi connectivity index (χ0n) is 15.2. The van der Waals surface area contributed by atoms with Crippen molar-refractivity contribution in [3.8, 4) is 0 Å². The number of nitrogens with zero attached hydrogens (tertiary/aromatic N) is 1. The van der Waals surface area contributed by atoms with Gasteiger partial charge in [-0.25, -0.2) is 0 Å². The fourth-order valence-electron chi connectivity index (χ4n) is 3.82. The third-order valence-corrected chi connectivity index (χ3v) is 5.27. The molecular weight excluding hydrogens is 324 g/mol. The van der Waals surface area contributed by atoms with Crippen molar-refractivity contribution >= 4 is 5.69 Å². The van der Waals surface area contributed by atoms with Gasteiger partial charge in [0.2, 0.25) is 0 Å². The van der Waals surface area contributed by atoms with Crippen LogP contribution in [0.4, 0.5) is 5.69 Å². The number of aliphatic hydroxyl groups is 1. The van der Waals surface area contributed by atoms with Crippen LogP contribution in [0.2, 0.25) is 0 Å². The average Bonchev–Trinajstić information content (AvgIpc) is 3.16. The second kappa shape index (κ2) is 6.61. The van der Waals surface area contributed by atoms with Crippen molar-refractivity contribution in [2.24, 2.45) is 0 Å². The molecule has 0 spiro atoms. The Bertz CT molecular complexity index is 900. The SMILES string of the molecule is CC1(C)CC(O)c2cc(NCc3conc3Cc3ccccc3)ccc21. The van der Waals surface area contributed by atoms with Crippen LogP contribution in [0.3, 0.4) is 0 Å². The van der Waals surface area contributed by atoms with Crippen molar-refractivity contribution in [1.29, 1.82) is 0 Å². The minimum Gasteiger partial charge on any atom is -0.388 e. The molecule has 0 amide bonds. The second-order valence-corrected chi connectivity index (χ2v) is 7.71. The van der Waals surface area contributed by atoms with Gasteiger partial charge in [-0.3, -0.25) is 0 Å². The maximum Gasteiger partial charge on any atom is 0.129 e. The van der Waals surface area contributed by atoms with E-state index in [0.717, 1.165) is 35.3 Å². The number of aliphatic hydroxyl groups excluding tert-OH is 1. The van der Waals surface area contributed by atoms with E-state index in [9.17, 15) is 5.11 Å². The molecule has 134 valence electrons. The number of rotatable bonds is 5. The number of fused-ring (bicyclic) bond motifs is 1. The molecule has 2 aromatic carbocycles. The van der Waals surface area contributed by atoms with Crippen molar-refractivity contribution in [3.63, 3.8) is 0 Å². The van der Waals surface area contributed by atoms with Crippen molar-refractivity contribution < 1.29 is 9.63 Å². The van der Waals surface area contributed by atoms with Crippen LogP contribution in [0.1, 0.15) is 54.3 Å². The van der Waals surface area contributed by atoms with E-state index in [1.54, 1.807) is 6.26 Å². The van der Waals surface area contributed by atoms with Gasteiger partial charge in [0, 0.05) is 24.2 Å². The van der Waals surface area contributed by atoms with Gasteiger partial charge in [-0.1, -0.05) is 55.4 Å². The number of hydrogen-bond acceptors (Lipinski definition) is 4. The summed E-state index contributed by atoms with van der Waals surface area (Å²) in [4.78, 5) is 0. The first-order valence-corrected chi connectivity index (χ1v) is 9.05. The molecular formula is C22H24N2O2. The molecule has 0 aliphatic heterocycles. The molecule has 0 fully saturated rings. The summed E-state index contributed by atoms with van der Waals surface area (Å²) in [7, 11) is 0. The highest BCUT2D eigenvalue weighted by Gasteiger charge is 2.35. The molecule has 1 aromatic heterocycles. The van der Waals surface area contributed by atoms with Gasteiger partial charge < -0.3 is 14.9 Å². The first-order chi connectivity index (χ1) is 12.5. The van der Waals surface area contributed by atoms with Gasteiger partial charge in [0.15, 0.2) is 0 Å². The van der Waals surface area contributed by atoms with Crippen LogP contribution >= 0.6 is 0 Å². The van der Waals surface area contributed by atoms with Crippen molar-refractivity contribution in [2.45, 2.75) is 44.8 Å². The van der Waals surface area contributed by atoms with Gasteiger partial charge in [-0.2, -0.15) is 0 Å². The lowest BCUT2D eigenvalue weighted by molar-refractivity contribution is 0.161.